The van der Waals surface area contributed by atoms with Gasteiger partial charge in [0.05, 0.1) is 5.69 Å². The first-order valence-corrected chi connectivity index (χ1v) is 12.1. The fraction of sp³-hybridized carbons (Fsp3) is 0.129. The van der Waals surface area contributed by atoms with E-state index >= 15 is 0 Å². The van der Waals surface area contributed by atoms with E-state index in [0.717, 1.165) is 34.2 Å². The summed E-state index contributed by atoms with van der Waals surface area (Å²) >= 11 is 6.26. The number of aromatic nitrogens is 2. The summed E-state index contributed by atoms with van der Waals surface area (Å²) in [5, 5.41) is 0.708. The molecule has 0 aliphatic heterocycles. The van der Waals surface area contributed by atoms with Crippen LogP contribution in [0.2, 0.25) is 5.02 Å². The Balaban J connectivity index is 1.85. The van der Waals surface area contributed by atoms with Gasteiger partial charge in [0.25, 0.3) is 0 Å². The Morgan fingerprint density at radius 1 is 0.714 bits per heavy atom. The Hall–Kier alpha value is -3.82. The predicted octanol–water partition coefficient (Wildman–Crippen LogP) is 8.55. The minimum atomic E-state index is 0.708. The fourth-order valence-corrected chi connectivity index (χ4v) is 5.05. The van der Waals surface area contributed by atoms with Gasteiger partial charge in [0.1, 0.15) is 5.82 Å². The molecule has 4 heteroatoms. The fourth-order valence-electron chi connectivity index (χ4n) is 4.93. The van der Waals surface area contributed by atoms with Gasteiger partial charge in [-0.1, -0.05) is 90.0 Å². The van der Waals surface area contributed by atoms with Gasteiger partial charge in [-0.25, -0.2) is 4.98 Å². The van der Waals surface area contributed by atoms with Gasteiger partial charge in [-0.2, -0.15) is 0 Å². The van der Waals surface area contributed by atoms with Crippen LogP contribution in [0.1, 0.15) is 16.7 Å². The van der Waals surface area contributed by atoms with Crippen molar-refractivity contribution in [3.63, 3.8) is 0 Å². The van der Waals surface area contributed by atoms with Crippen LogP contribution in [0.25, 0.3) is 28.3 Å². The van der Waals surface area contributed by atoms with E-state index in [1.807, 2.05) is 24.3 Å². The van der Waals surface area contributed by atoms with E-state index in [1.165, 1.54) is 22.4 Å². The van der Waals surface area contributed by atoms with Crippen LogP contribution in [0.4, 0.5) is 11.5 Å². The Bertz CT molecular complexity index is 1450. The average Bonchev–Trinajstić information content (AvgIpc) is 3.26. The molecule has 0 unspecified atom stereocenters. The number of nitrogens with zero attached hydrogens (tertiary/aromatic N) is 3. The zero-order valence-electron chi connectivity index (χ0n) is 20.5. The Kier molecular flexibility index (Phi) is 6.19. The van der Waals surface area contributed by atoms with E-state index in [4.69, 9.17) is 16.6 Å². The van der Waals surface area contributed by atoms with E-state index < -0.39 is 0 Å². The lowest BCUT2D eigenvalue weighted by Crippen LogP contribution is -2.14. The number of hydrogen-bond acceptors (Lipinski definition) is 2. The van der Waals surface area contributed by atoms with Crippen molar-refractivity contribution in [2.75, 3.05) is 11.9 Å². The van der Waals surface area contributed by atoms with Crippen LogP contribution < -0.4 is 4.90 Å². The van der Waals surface area contributed by atoms with Crippen LogP contribution in [-0.2, 0) is 0 Å². The topological polar surface area (TPSA) is 21.1 Å². The number of anilines is 2. The molecule has 0 N–H and O–H groups in total. The molecule has 0 bridgehead atoms. The lowest BCUT2D eigenvalue weighted by atomic mass is 10.0. The molecule has 35 heavy (non-hydrogen) atoms. The van der Waals surface area contributed by atoms with Crippen LogP contribution >= 0.6 is 11.6 Å². The Labute approximate surface area is 212 Å². The molecule has 0 radical (unpaired) electrons. The second-order valence-electron chi connectivity index (χ2n) is 8.96. The van der Waals surface area contributed by atoms with E-state index in [9.17, 15) is 0 Å². The van der Waals surface area contributed by atoms with E-state index in [-0.39, 0.29) is 0 Å². The molecule has 5 rings (SSSR count). The molecule has 0 aliphatic carbocycles. The Morgan fingerprint density at radius 2 is 1.26 bits per heavy atom. The van der Waals surface area contributed by atoms with Crippen LogP contribution in [0.5, 0.6) is 0 Å². The van der Waals surface area contributed by atoms with Gasteiger partial charge in [-0.3, -0.25) is 4.57 Å². The van der Waals surface area contributed by atoms with Crippen molar-refractivity contribution in [2.24, 2.45) is 0 Å². The molecule has 5 aromatic rings. The van der Waals surface area contributed by atoms with Crippen LogP contribution in [0.3, 0.4) is 0 Å². The van der Waals surface area contributed by atoms with E-state index in [2.05, 4.69) is 110 Å². The number of rotatable bonds is 5. The highest BCUT2D eigenvalue weighted by molar-refractivity contribution is 6.30. The monoisotopic (exact) mass is 477 g/mol. The molecule has 4 aromatic carbocycles. The third-order valence-corrected chi connectivity index (χ3v) is 6.56. The molecule has 0 fully saturated rings. The number of aryl methyl sites for hydroxylation is 3. The van der Waals surface area contributed by atoms with Crippen LogP contribution in [0.15, 0.2) is 97.1 Å². The maximum Gasteiger partial charge on any atom is 0.160 e. The number of imidazole rings is 1. The summed E-state index contributed by atoms with van der Waals surface area (Å²) in [6.45, 7) is 6.48. The third kappa shape index (κ3) is 4.36. The summed E-state index contributed by atoms with van der Waals surface area (Å²) in [4.78, 5) is 7.52. The minimum absolute atomic E-state index is 0.708. The second-order valence-corrected chi connectivity index (χ2v) is 9.39. The predicted molar refractivity (Wildman–Crippen MR) is 148 cm³/mol. The Morgan fingerprint density at radius 3 is 1.83 bits per heavy atom. The van der Waals surface area contributed by atoms with E-state index in [0.29, 0.717) is 5.02 Å². The zero-order valence-corrected chi connectivity index (χ0v) is 21.2. The minimum Gasteiger partial charge on any atom is -0.327 e. The lowest BCUT2D eigenvalue weighted by Gasteiger charge is -2.24. The first-order valence-electron chi connectivity index (χ1n) is 11.7. The summed E-state index contributed by atoms with van der Waals surface area (Å²) in [7, 11) is 2.11. The standard InChI is InChI=1S/C31H28ClN3/c1-21-19-22(2)28(23(3)20-21)34(4)31-29(24-11-7-5-8-12-24)35(27-17-15-26(32)16-18-27)30(33-31)25-13-9-6-10-14-25/h5-20H,1-4H3. The quantitative estimate of drug-likeness (QED) is 0.253. The number of hydrogen-bond donors (Lipinski definition) is 0. The van der Waals surface area contributed by atoms with Gasteiger partial charge in [0.15, 0.2) is 5.82 Å². The molecule has 0 spiro atoms. The smallest absolute Gasteiger partial charge is 0.160 e. The highest BCUT2D eigenvalue weighted by Crippen LogP contribution is 2.41. The largest absolute Gasteiger partial charge is 0.327 e. The molecule has 0 saturated carbocycles. The molecule has 0 aliphatic rings. The highest BCUT2D eigenvalue weighted by atomic mass is 35.5. The maximum atomic E-state index is 6.26. The molecule has 0 amide bonds. The van der Waals surface area contributed by atoms with Gasteiger partial charge < -0.3 is 4.90 Å². The van der Waals surface area contributed by atoms with Crippen LogP contribution in [-0.4, -0.2) is 16.6 Å². The summed E-state index contributed by atoms with van der Waals surface area (Å²) in [5.74, 6) is 1.79. The van der Waals surface area contributed by atoms with Crippen molar-refractivity contribution >= 4 is 23.1 Å². The maximum absolute atomic E-state index is 6.26. The van der Waals surface area contributed by atoms with Gasteiger partial charge >= 0.3 is 0 Å². The summed E-state index contributed by atoms with van der Waals surface area (Å²) in [6.07, 6.45) is 0. The number of halogens is 1. The molecular formula is C31H28ClN3. The highest BCUT2D eigenvalue weighted by Gasteiger charge is 2.25. The molecule has 0 atom stereocenters. The van der Waals surface area contributed by atoms with Crippen molar-refractivity contribution in [3.8, 4) is 28.3 Å². The molecule has 1 heterocycles. The summed E-state index contributed by atoms with van der Waals surface area (Å²) in [6, 6.07) is 33.2. The van der Waals surface area contributed by atoms with E-state index in [1.54, 1.807) is 0 Å². The van der Waals surface area contributed by atoms with Gasteiger partial charge in [-0.05, 0) is 56.2 Å². The van der Waals surface area contributed by atoms with Crippen LogP contribution in [0, 0.1) is 20.8 Å². The van der Waals surface area contributed by atoms with Gasteiger partial charge in [0.2, 0.25) is 0 Å². The molecular weight excluding hydrogens is 450 g/mol. The zero-order chi connectivity index (χ0) is 24.5. The van der Waals surface area contributed by atoms with Gasteiger partial charge in [0, 0.05) is 34.6 Å². The first kappa shape index (κ1) is 22.9. The molecule has 174 valence electrons. The van der Waals surface area contributed by atoms with Crippen molar-refractivity contribution in [2.45, 2.75) is 20.8 Å². The average molecular weight is 478 g/mol. The molecule has 0 saturated heterocycles. The summed E-state index contributed by atoms with van der Waals surface area (Å²) < 4.78 is 2.24. The van der Waals surface area contributed by atoms with Crippen molar-refractivity contribution in [1.29, 1.82) is 0 Å². The van der Waals surface area contributed by atoms with Crippen molar-refractivity contribution < 1.29 is 0 Å². The molecule has 1 aromatic heterocycles. The second kappa shape index (κ2) is 9.44. The normalized spacial score (nSPS) is 11.0. The SMILES string of the molecule is Cc1cc(C)c(N(C)c2nc(-c3ccccc3)n(-c3ccc(Cl)cc3)c2-c2ccccc2)c(C)c1. The molecule has 3 nitrogen and oxygen atoms in total. The van der Waals surface area contributed by atoms with Gasteiger partial charge in [-0.15, -0.1) is 0 Å². The number of benzene rings is 4. The third-order valence-electron chi connectivity index (χ3n) is 6.31. The van der Waals surface area contributed by atoms with Crippen molar-refractivity contribution in [3.05, 3.63) is 119 Å². The lowest BCUT2D eigenvalue weighted by molar-refractivity contribution is 1.07. The van der Waals surface area contributed by atoms with Crippen molar-refractivity contribution in [1.82, 2.24) is 9.55 Å². The summed E-state index contributed by atoms with van der Waals surface area (Å²) in [5.41, 5.74) is 9.09. The first-order chi connectivity index (χ1) is 16.9.